The Balaban J connectivity index is 1.79. The lowest BCUT2D eigenvalue weighted by Gasteiger charge is -2.11. The second kappa shape index (κ2) is 9.06. The number of methoxy groups -OCH3 is 1. The molecular formula is C19H17ClN3O6S+. The molecule has 0 radical (unpaired) electrons. The molecule has 0 saturated heterocycles. The third-order valence-corrected chi connectivity index (χ3v) is 5.54. The van der Waals surface area contributed by atoms with Crippen LogP contribution in [0.2, 0.25) is 5.02 Å². The number of nitrogens with zero attached hydrogens (tertiary/aromatic N) is 1. The number of hydrogen-bond acceptors (Lipinski definition) is 6. The molecule has 0 spiro atoms. The highest BCUT2D eigenvalue weighted by Gasteiger charge is 2.29. The summed E-state index contributed by atoms with van der Waals surface area (Å²) in [6.45, 7) is 1.60. The lowest BCUT2D eigenvalue weighted by atomic mass is 10.2. The van der Waals surface area contributed by atoms with E-state index >= 15 is 0 Å². The van der Waals surface area contributed by atoms with Gasteiger partial charge in [-0.2, -0.15) is 0 Å². The van der Waals surface area contributed by atoms with Crippen LogP contribution in [0, 0.1) is 0 Å². The van der Waals surface area contributed by atoms with Crippen molar-refractivity contribution in [2.75, 3.05) is 12.4 Å². The highest BCUT2D eigenvalue weighted by Crippen LogP contribution is 2.25. The summed E-state index contributed by atoms with van der Waals surface area (Å²) in [5.41, 5.74) is 0.118. The minimum absolute atomic E-state index is 0.0152. The van der Waals surface area contributed by atoms with E-state index in [0.29, 0.717) is 11.4 Å². The van der Waals surface area contributed by atoms with Crippen LogP contribution in [0.1, 0.15) is 17.3 Å². The molecule has 2 aromatic carbocycles. The summed E-state index contributed by atoms with van der Waals surface area (Å²) in [6, 6.07) is 10.9. The van der Waals surface area contributed by atoms with Gasteiger partial charge in [0.05, 0.1) is 28.6 Å². The number of carbonyl (C=O) groups is 2. The lowest BCUT2D eigenvalue weighted by molar-refractivity contribution is -0.704. The van der Waals surface area contributed by atoms with Gasteiger partial charge in [-0.05, 0) is 59.0 Å². The molecule has 1 heterocycles. The number of benzene rings is 2. The molecule has 0 aliphatic heterocycles. The van der Waals surface area contributed by atoms with Gasteiger partial charge < -0.3 is 15.2 Å². The maximum Gasteiger partial charge on any atom is 0.442 e. The van der Waals surface area contributed by atoms with Crippen molar-refractivity contribution in [2.45, 2.75) is 17.2 Å². The van der Waals surface area contributed by atoms with Gasteiger partial charge in [0.1, 0.15) is 5.75 Å². The summed E-state index contributed by atoms with van der Waals surface area (Å²) in [5, 5.41) is 13.8. The van der Waals surface area contributed by atoms with Crippen molar-refractivity contribution in [1.82, 2.24) is 5.27 Å². The highest BCUT2D eigenvalue weighted by molar-refractivity contribution is 8.00. The van der Waals surface area contributed by atoms with Crippen molar-refractivity contribution >= 4 is 40.9 Å². The van der Waals surface area contributed by atoms with Crippen molar-refractivity contribution in [3.8, 4) is 11.4 Å². The predicted molar refractivity (Wildman–Crippen MR) is 110 cm³/mol. The van der Waals surface area contributed by atoms with E-state index < -0.39 is 22.8 Å². The molecule has 1 unspecified atom stereocenters. The van der Waals surface area contributed by atoms with Crippen LogP contribution in [-0.4, -0.2) is 34.6 Å². The fourth-order valence-electron chi connectivity index (χ4n) is 2.47. The van der Waals surface area contributed by atoms with Crippen LogP contribution in [0.25, 0.3) is 5.69 Å². The maximum absolute atomic E-state index is 12.6. The molecule has 9 nitrogen and oxygen atoms in total. The number of nitrogens with one attached hydrogen (secondary N) is 2. The lowest BCUT2D eigenvalue weighted by Crippen LogP contribution is -2.37. The zero-order chi connectivity index (χ0) is 21.8. The minimum atomic E-state index is -1.14. The SMILES string of the molecule is COc1ccc(-[n+]2[nH]oc(=O)c2SC(C)C(=O)Nc2cc(C(=O)O)ccc2Cl)cc1. The number of aromatic carboxylic acids is 1. The Hall–Kier alpha value is -3.24. The van der Waals surface area contributed by atoms with E-state index in [1.54, 1.807) is 38.3 Å². The standard InChI is InChI=1S/C19H16ClN3O6S/c1-10(16(24)21-15-9-11(18(25)26)3-8-14(15)20)30-17-19(27)29-22-23(17)12-4-6-13(28-2)7-5-12/h3-10H,1-2H3,(H2-,21,22,24,25,26,27)/p+1. The van der Waals surface area contributed by atoms with Crippen molar-refractivity contribution in [3.05, 3.63) is 63.5 Å². The van der Waals surface area contributed by atoms with Crippen LogP contribution in [0.4, 0.5) is 5.69 Å². The van der Waals surface area contributed by atoms with E-state index in [1.807, 2.05) is 0 Å². The number of amides is 1. The molecule has 0 bridgehead atoms. The van der Waals surface area contributed by atoms with Gasteiger partial charge in [-0.15, -0.1) is 0 Å². The van der Waals surface area contributed by atoms with Gasteiger partial charge in [0, 0.05) is 12.1 Å². The van der Waals surface area contributed by atoms with Crippen LogP contribution < -0.4 is 20.4 Å². The summed E-state index contributed by atoms with van der Waals surface area (Å²) >= 11 is 7.02. The van der Waals surface area contributed by atoms with Gasteiger partial charge in [-0.25, -0.2) is 9.59 Å². The quantitative estimate of drug-likeness (QED) is 0.373. The Kier molecular flexibility index (Phi) is 6.48. The first-order valence-corrected chi connectivity index (χ1v) is 9.84. The number of thioether (sulfide) groups is 1. The van der Waals surface area contributed by atoms with Crippen molar-refractivity contribution < 1.29 is 28.6 Å². The van der Waals surface area contributed by atoms with Gasteiger partial charge in [0.2, 0.25) is 11.6 Å². The molecule has 1 amide bonds. The number of carbonyl (C=O) groups excluding carboxylic acids is 1. The van der Waals surface area contributed by atoms with Gasteiger partial charge in [0.25, 0.3) is 0 Å². The third kappa shape index (κ3) is 4.66. The average molecular weight is 451 g/mol. The Morgan fingerprint density at radius 3 is 2.60 bits per heavy atom. The number of halogens is 1. The van der Waals surface area contributed by atoms with E-state index in [-0.39, 0.29) is 21.3 Å². The van der Waals surface area contributed by atoms with E-state index in [0.717, 1.165) is 11.8 Å². The number of aromatic nitrogens is 2. The first kappa shape index (κ1) is 21.5. The number of aromatic amines is 1. The molecule has 0 aliphatic carbocycles. The number of rotatable bonds is 7. The first-order valence-electron chi connectivity index (χ1n) is 8.58. The molecule has 11 heteroatoms. The number of H-pyrrole nitrogens is 1. The van der Waals surface area contributed by atoms with Gasteiger partial charge in [0.15, 0.2) is 0 Å². The molecule has 3 rings (SSSR count). The largest absolute Gasteiger partial charge is 0.497 e. The van der Waals surface area contributed by atoms with Crippen LogP contribution in [0.3, 0.4) is 0 Å². The number of carboxylic acids is 1. The van der Waals surface area contributed by atoms with Crippen molar-refractivity contribution in [3.63, 3.8) is 0 Å². The van der Waals surface area contributed by atoms with E-state index in [2.05, 4.69) is 10.6 Å². The Labute approximate surface area is 179 Å². The van der Waals surface area contributed by atoms with Gasteiger partial charge >= 0.3 is 16.6 Å². The van der Waals surface area contributed by atoms with Crippen LogP contribution in [0.15, 0.2) is 56.8 Å². The Morgan fingerprint density at radius 2 is 1.97 bits per heavy atom. The zero-order valence-electron chi connectivity index (χ0n) is 15.8. The van der Waals surface area contributed by atoms with Crippen molar-refractivity contribution in [1.29, 1.82) is 0 Å². The number of anilines is 1. The molecule has 0 fully saturated rings. The Morgan fingerprint density at radius 1 is 1.27 bits per heavy atom. The topological polar surface area (TPSA) is 126 Å². The highest BCUT2D eigenvalue weighted by atomic mass is 35.5. The molecule has 0 saturated carbocycles. The molecule has 1 atom stereocenters. The third-order valence-electron chi connectivity index (χ3n) is 4.07. The van der Waals surface area contributed by atoms with Crippen LogP contribution in [-0.2, 0) is 4.79 Å². The van der Waals surface area contributed by atoms with E-state index in [1.165, 1.54) is 22.9 Å². The molecular weight excluding hydrogens is 434 g/mol. The summed E-state index contributed by atoms with van der Waals surface area (Å²) in [7, 11) is 1.54. The summed E-state index contributed by atoms with van der Waals surface area (Å²) < 4.78 is 11.4. The monoisotopic (exact) mass is 450 g/mol. The summed E-state index contributed by atoms with van der Waals surface area (Å²) in [6.07, 6.45) is 0. The second-order valence-electron chi connectivity index (χ2n) is 6.07. The normalized spacial score (nSPS) is 11.7. The molecule has 3 aromatic rings. The molecule has 0 aliphatic rings. The summed E-state index contributed by atoms with van der Waals surface area (Å²) in [5.74, 6) is -0.964. The molecule has 3 N–H and O–H groups in total. The smallest absolute Gasteiger partial charge is 0.442 e. The van der Waals surface area contributed by atoms with Gasteiger partial charge in [-0.3, -0.25) is 9.32 Å². The fraction of sp³-hybridized carbons (Fsp3) is 0.158. The number of ether oxygens (including phenoxy) is 1. The minimum Gasteiger partial charge on any atom is -0.497 e. The van der Waals surface area contributed by atoms with E-state index in [4.69, 9.17) is 26.0 Å². The maximum atomic E-state index is 12.6. The van der Waals surface area contributed by atoms with E-state index in [9.17, 15) is 14.4 Å². The molecule has 156 valence electrons. The number of carboxylic acid groups (broad SMARTS) is 1. The predicted octanol–water partition coefficient (Wildman–Crippen LogP) is 2.72. The summed E-state index contributed by atoms with van der Waals surface area (Å²) in [4.78, 5) is 35.9. The average Bonchev–Trinajstić information content (AvgIpc) is 3.09. The molecule has 30 heavy (non-hydrogen) atoms. The Bertz CT molecular complexity index is 1140. The fourth-order valence-corrected chi connectivity index (χ4v) is 3.53. The van der Waals surface area contributed by atoms with Gasteiger partial charge in [-0.1, -0.05) is 11.6 Å². The number of hydrogen-bond donors (Lipinski definition) is 3. The van der Waals surface area contributed by atoms with Crippen molar-refractivity contribution in [2.24, 2.45) is 0 Å². The second-order valence-corrected chi connectivity index (χ2v) is 7.81. The zero-order valence-corrected chi connectivity index (χ0v) is 17.4. The van der Waals surface area contributed by atoms with Crippen LogP contribution in [0.5, 0.6) is 5.75 Å². The first-order chi connectivity index (χ1) is 14.3. The molecule has 1 aromatic heterocycles. The van der Waals surface area contributed by atoms with Crippen LogP contribution >= 0.6 is 23.4 Å².